The molecule has 0 radical (unpaired) electrons. The summed E-state index contributed by atoms with van der Waals surface area (Å²) in [6.45, 7) is 5.74. The van der Waals surface area contributed by atoms with Crippen molar-refractivity contribution in [3.8, 4) is 0 Å². The number of aliphatic hydroxyl groups is 1. The van der Waals surface area contributed by atoms with Gasteiger partial charge in [-0.15, -0.1) is 0 Å². The van der Waals surface area contributed by atoms with E-state index in [1.54, 1.807) is 26.0 Å². The summed E-state index contributed by atoms with van der Waals surface area (Å²) in [6.07, 6.45) is 19.8. The largest absolute Gasteiger partial charge is 0.389 e. The Morgan fingerprint density at radius 2 is 1.67 bits per heavy atom. The van der Waals surface area contributed by atoms with E-state index in [1.165, 1.54) is 25.3 Å². The standard InChI is InChI=1S/C18H29NO2/c1-4-5-6-7-8-9-10-11-12-13-14-15-17(20)19-16-18(2,3)21/h8-15,21H,4-7,16H2,1-3H3,(H,19,20)/b9-8?,11-10?,13-12?,15-14-. The van der Waals surface area contributed by atoms with Crippen LogP contribution >= 0.6 is 0 Å². The summed E-state index contributed by atoms with van der Waals surface area (Å²) < 4.78 is 0. The first kappa shape index (κ1) is 19.4. The molecule has 21 heavy (non-hydrogen) atoms. The molecule has 0 saturated carbocycles. The fourth-order valence-electron chi connectivity index (χ4n) is 1.45. The molecule has 0 aliphatic carbocycles. The second kappa shape index (κ2) is 12.2. The van der Waals surface area contributed by atoms with Crippen LogP contribution in [-0.2, 0) is 4.79 Å². The predicted molar refractivity (Wildman–Crippen MR) is 90.0 cm³/mol. The molecule has 0 unspecified atom stereocenters. The van der Waals surface area contributed by atoms with Crippen LogP contribution in [0.4, 0.5) is 0 Å². The number of rotatable bonds is 10. The lowest BCUT2D eigenvalue weighted by Gasteiger charge is -2.16. The molecule has 0 heterocycles. The Bertz CT molecular complexity index is 385. The smallest absolute Gasteiger partial charge is 0.244 e. The van der Waals surface area contributed by atoms with Gasteiger partial charge in [0.25, 0.3) is 0 Å². The van der Waals surface area contributed by atoms with Crippen LogP contribution in [-0.4, -0.2) is 23.2 Å². The van der Waals surface area contributed by atoms with E-state index in [0.717, 1.165) is 6.42 Å². The van der Waals surface area contributed by atoms with Crippen molar-refractivity contribution >= 4 is 5.91 Å². The highest BCUT2D eigenvalue weighted by molar-refractivity contribution is 5.87. The van der Waals surface area contributed by atoms with Crippen LogP contribution in [0.3, 0.4) is 0 Å². The van der Waals surface area contributed by atoms with Gasteiger partial charge in [-0.25, -0.2) is 0 Å². The van der Waals surface area contributed by atoms with Gasteiger partial charge in [0.1, 0.15) is 0 Å². The molecule has 0 saturated heterocycles. The molecule has 3 heteroatoms. The molecule has 0 aromatic carbocycles. The highest BCUT2D eigenvalue weighted by atomic mass is 16.3. The molecule has 0 atom stereocenters. The van der Waals surface area contributed by atoms with Crippen LogP contribution in [0, 0.1) is 0 Å². The monoisotopic (exact) mass is 291 g/mol. The van der Waals surface area contributed by atoms with Crippen molar-refractivity contribution < 1.29 is 9.90 Å². The van der Waals surface area contributed by atoms with Gasteiger partial charge in [-0.3, -0.25) is 4.79 Å². The van der Waals surface area contributed by atoms with E-state index in [0.29, 0.717) is 0 Å². The Morgan fingerprint density at radius 1 is 1.05 bits per heavy atom. The maximum atomic E-state index is 11.4. The zero-order chi connectivity index (χ0) is 16.0. The lowest BCUT2D eigenvalue weighted by molar-refractivity contribution is -0.117. The minimum atomic E-state index is -0.883. The third kappa shape index (κ3) is 16.3. The van der Waals surface area contributed by atoms with E-state index in [1.807, 2.05) is 24.3 Å². The van der Waals surface area contributed by atoms with Gasteiger partial charge in [0.15, 0.2) is 0 Å². The maximum absolute atomic E-state index is 11.4. The summed E-state index contributed by atoms with van der Waals surface area (Å²) in [5.41, 5.74) is -0.883. The van der Waals surface area contributed by atoms with Gasteiger partial charge in [0.2, 0.25) is 5.91 Å². The zero-order valence-corrected chi connectivity index (χ0v) is 13.5. The van der Waals surface area contributed by atoms with Crippen LogP contribution in [0.5, 0.6) is 0 Å². The fourth-order valence-corrected chi connectivity index (χ4v) is 1.45. The topological polar surface area (TPSA) is 49.3 Å². The van der Waals surface area contributed by atoms with E-state index in [9.17, 15) is 9.90 Å². The fraction of sp³-hybridized carbons (Fsp3) is 0.500. The second-order valence-electron chi connectivity index (χ2n) is 5.58. The number of allylic oxidation sites excluding steroid dienone is 7. The average molecular weight is 291 g/mol. The quantitative estimate of drug-likeness (QED) is 0.366. The minimum Gasteiger partial charge on any atom is -0.389 e. The summed E-state index contributed by atoms with van der Waals surface area (Å²) >= 11 is 0. The molecule has 0 aromatic heterocycles. The number of carbonyl (C=O) groups excluding carboxylic acids is 1. The Morgan fingerprint density at radius 3 is 2.29 bits per heavy atom. The Labute approximate surface area is 129 Å². The highest BCUT2D eigenvalue weighted by Gasteiger charge is 2.12. The van der Waals surface area contributed by atoms with Crippen molar-refractivity contribution in [2.45, 2.75) is 52.1 Å². The first-order valence-electron chi connectivity index (χ1n) is 7.62. The van der Waals surface area contributed by atoms with E-state index in [4.69, 9.17) is 0 Å². The molecule has 0 aliphatic rings. The van der Waals surface area contributed by atoms with E-state index >= 15 is 0 Å². The van der Waals surface area contributed by atoms with Crippen LogP contribution in [0.25, 0.3) is 0 Å². The minimum absolute atomic E-state index is 0.207. The number of unbranched alkanes of at least 4 members (excludes halogenated alkanes) is 3. The average Bonchev–Trinajstić information content (AvgIpc) is 2.42. The summed E-state index contributed by atoms with van der Waals surface area (Å²) in [5.74, 6) is -0.207. The van der Waals surface area contributed by atoms with E-state index in [-0.39, 0.29) is 12.5 Å². The normalized spacial score (nSPS) is 13.1. The number of amides is 1. The van der Waals surface area contributed by atoms with E-state index in [2.05, 4.69) is 18.3 Å². The molecule has 0 spiro atoms. The number of hydrogen-bond donors (Lipinski definition) is 2. The lowest BCUT2D eigenvalue weighted by atomic mass is 10.1. The third-order valence-electron chi connectivity index (χ3n) is 2.61. The molecule has 0 aliphatic heterocycles. The van der Waals surface area contributed by atoms with Crippen LogP contribution in [0.2, 0.25) is 0 Å². The Hall–Kier alpha value is -1.61. The molecule has 3 nitrogen and oxygen atoms in total. The van der Waals surface area contributed by atoms with Crippen LogP contribution in [0.15, 0.2) is 48.6 Å². The maximum Gasteiger partial charge on any atom is 0.244 e. The van der Waals surface area contributed by atoms with Crippen LogP contribution < -0.4 is 5.32 Å². The van der Waals surface area contributed by atoms with Gasteiger partial charge in [-0.05, 0) is 26.7 Å². The molecule has 1 amide bonds. The van der Waals surface area contributed by atoms with Gasteiger partial charge >= 0.3 is 0 Å². The van der Waals surface area contributed by atoms with Gasteiger partial charge in [0, 0.05) is 12.6 Å². The summed E-state index contributed by atoms with van der Waals surface area (Å²) in [7, 11) is 0. The highest BCUT2D eigenvalue weighted by Crippen LogP contribution is 1.99. The van der Waals surface area contributed by atoms with Crippen LogP contribution in [0.1, 0.15) is 46.5 Å². The summed E-state index contributed by atoms with van der Waals surface area (Å²) in [6, 6.07) is 0. The Balaban J connectivity index is 3.79. The van der Waals surface area contributed by atoms with Crippen molar-refractivity contribution in [1.29, 1.82) is 0 Å². The summed E-state index contributed by atoms with van der Waals surface area (Å²) in [5, 5.41) is 12.1. The SMILES string of the molecule is CCCCCC=CC=CC=C/C=C\C(=O)NCC(C)(C)O. The molecule has 0 fully saturated rings. The van der Waals surface area contributed by atoms with Crippen molar-refractivity contribution in [3.05, 3.63) is 48.6 Å². The van der Waals surface area contributed by atoms with Gasteiger partial charge in [0.05, 0.1) is 5.60 Å². The summed E-state index contributed by atoms with van der Waals surface area (Å²) in [4.78, 5) is 11.4. The van der Waals surface area contributed by atoms with Gasteiger partial charge in [-0.2, -0.15) is 0 Å². The van der Waals surface area contributed by atoms with E-state index < -0.39 is 5.60 Å². The molecule has 0 aromatic rings. The number of hydrogen-bond acceptors (Lipinski definition) is 2. The molecular formula is C18H29NO2. The predicted octanol–water partition coefficient (Wildman–Crippen LogP) is 3.68. The zero-order valence-electron chi connectivity index (χ0n) is 13.5. The first-order valence-corrected chi connectivity index (χ1v) is 7.62. The van der Waals surface area contributed by atoms with Crippen molar-refractivity contribution in [1.82, 2.24) is 5.32 Å². The molecule has 0 bridgehead atoms. The molecule has 2 N–H and O–H groups in total. The van der Waals surface area contributed by atoms with Crippen molar-refractivity contribution in [2.24, 2.45) is 0 Å². The second-order valence-corrected chi connectivity index (χ2v) is 5.58. The molecular weight excluding hydrogens is 262 g/mol. The third-order valence-corrected chi connectivity index (χ3v) is 2.61. The van der Waals surface area contributed by atoms with Crippen molar-refractivity contribution in [2.75, 3.05) is 6.54 Å². The Kier molecular flexibility index (Phi) is 11.2. The lowest BCUT2D eigenvalue weighted by Crippen LogP contribution is -2.37. The molecule has 0 rings (SSSR count). The number of carbonyl (C=O) groups is 1. The van der Waals surface area contributed by atoms with Gasteiger partial charge < -0.3 is 10.4 Å². The number of nitrogens with one attached hydrogen (secondary N) is 1. The van der Waals surface area contributed by atoms with Crippen molar-refractivity contribution in [3.63, 3.8) is 0 Å². The molecule has 118 valence electrons. The van der Waals surface area contributed by atoms with Gasteiger partial charge in [-0.1, -0.05) is 62.3 Å². The first-order chi connectivity index (χ1) is 9.95.